The Labute approximate surface area is 183 Å². The molecule has 0 amide bonds. The third kappa shape index (κ3) is 3.48. The summed E-state index contributed by atoms with van der Waals surface area (Å²) in [7, 11) is 0. The molecule has 5 aromatic rings. The molecule has 0 saturated carbocycles. The molecule has 0 atom stereocenters. The molecule has 6 rings (SSSR count). The Bertz CT molecular complexity index is 1410. The smallest absolute Gasteiger partial charge is 0.180 e. The van der Waals surface area contributed by atoms with Gasteiger partial charge in [-0.3, -0.25) is 5.10 Å². The van der Waals surface area contributed by atoms with Crippen LogP contribution in [0.1, 0.15) is 0 Å². The summed E-state index contributed by atoms with van der Waals surface area (Å²) in [5, 5.41) is 11.6. The minimum absolute atomic E-state index is 0.466. The van der Waals surface area contributed by atoms with Gasteiger partial charge in [-0.05, 0) is 18.2 Å². The number of hydrogen-bond acceptors (Lipinski definition) is 7. The average Bonchev–Trinajstić information content (AvgIpc) is 3.49. The first-order valence-corrected chi connectivity index (χ1v) is 10.4. The maximum atomic E-state index is 5.84. The fraction of sp³-hybridized carbons (Fsp3) is 0.174. The molecule has 0 bridgehead atoms. The van der Waals surface area contributed by atoms with Gasteiger partial charge in [0.15, 0.2) is 23.0 Å². The summed E-state index contributed by atoms with van der Waals surface area (Å²) >= 11 is 0. The predicted octanol–water partition coefficient (Wildman–Crippen LogP) is 3.80. The Balaban J connectivity index is 1.38. The number of H-pyrrole nitrogens is 1. The number of nitrogens with zero attached hydrogens (tertiary/aromatic N) is 4. The number of imidazole rings is 1. The fourth-order valence-corrected chi connectivity index (χ4v) is 3.73. The molecule has 1 aliphatic heterocycles. The Hall–Kier alpha value is -4.11. The minimum Gasteiger partial charge on any atom is -0.487 e. The van der Waals surface area contributed by atoms with Crippen LogP contribution in [-0.2, 0) is 4.74 Å². The molecular formula is C23H20N6O3. The van der Waals surface area contributed by atoms with Crippen molar-refractivity contribution >= 4 is 28.1 Å². The average molecular weight is 428 g/mol. The van der Waals surface area contributed by atoms with Gasteiger partial charge < -0.3 is 23.9 Å². The SMILES string of the molecule is c1cn2cc(-c3ccc4cn[nH]c4c3)nc(Nc3ccc4c(c3)OCCOCCO4)c2n1. The summed E-state index contributed by atoms with van der Waals surface area (Å²) in [5.74, 6) is 2.01. The van der Waals surface area contributed by atoms with E-state index in [2.05, 4.69) is 20.5 Å². The number of ether oxygens (including phenoxy) is 3. The van der Waals surface area contributed by atoms with Crippen molar-refractivity contribution in [1.29, 1.82) is 0 Å². The van der Waals surface area contributed by atoms with E-state index in [9.17, 15) is 0 Å². The van der Waals surface area contributed by atoms with Crippen LogP contribution in [0.25, 0.3) is 27.8 Å². The fourth-order valence-electron chi connectivity index (χ4n) is 3.73. The van der Waals surface area contributed by atoms with Crippen molar-refractivity contribution in [1.82, 2.24) is 24.6 Å². The molecule has 4 heterocycles. The zero-order valence-electron chi connectivity index (χ0n) is 17.1. The summed E-state index contributed by atoms with van der Waals surface area (Å²) in [5.41, 5.74) is 4.31. The molecular weight excluding hydrogens is 408 g/mol. The predicted molar refractivity (Wildman–Crippen MR) is 120 cm³/mol. The third-order valence-electron chi connectivity index (χ3n) is 5.29. The van der Waals surface area contributed by atoms with Crippen molar-refractivity contribution in [2.24, 2.45) is 0 Å². The third-order valence-corrected chi connectivity index (χ3v) is 5.29. The zero-order chi connectivity index (χ0) is 21.3. The van der Waals surface area contributed by atoms with Gasteiger partial charge in [0.25, 0.3) is 0 Å². The maximum absolute atomic E-state index is 5.84. The van der Waals surface area contributed by atoms with Gasteiger partial charge in [-0.15, -0.1) is 0 Å². The van der Waals surface area contributed by atoms with E-state index in [4.69, 9.17) is 19.2 Å². The van der Waals surface area contributed by atoms with E-state index < -0.39 is 0 Å². The van der Waals surface area contributed by atoms with E-state index in [1.54, 1.807) is 12.4 Å². The van der Waals surface area contributed by atoms with E-state index in [-0.39, 0.29) is 0 Å². The zero-order valence-corrected chi connectivity index (χ0v) is 17.1. The van der Waals surface area contributed by atoms with Gasteiger partial charge in [0, 0.05) is 41.3 Å². The van der Waals surface area contributed by atoms with Crippen LogP contribution in [0.2, 0.25) is 0 Å². The van der Waals surface area contributed by atoms with Crippen LogP contribution in [0.15, 0.2) is 61.2 Å². The highest BCUT2D eigenvalue weighted by molar-refractivity contribution is 5.84. The number of hydrogen-bond donors (Lipinski definition) is 2. The van der Waals surface area contributed by atoms with Crippen LogP contribution in [-0.4, -0.2) is 51.0 Å². The molecule has 3 aromatic heterocycles. The molecule has 0 unspecified atom stereocenters. The number of aromatic nitrogens is 5. The molecule has 2 aromatic carbocycles. The molecule has 9 nitrogen and oxygen atoms in total. The molecule has 0 aliphatic carbocycles. The summed E-state index contributed by atoms with van der Waals surface area (Å²) < 4.78 is 19.0. The number of fused-ring (bicyclic) bond motifs is 3. The minimum atomic E-state index is 0.466. The van der Waals surface area contributed by atoms with E-state index >= 15 is 0 Å². The molecule has 0 saturated heterocycles. The molecule has 9 heteroatoms. The van der Waals surface area contributed by atoms with E-state index in [0.717, 1.165) is 33.5 Å². The Kier molecular flexibility index (Phi) is 4.58. The van der Waals surface area contributed by atoms with Gasteiger partial charge in [-0.1, -0.05) is 12.1 Å². The molecule has 2 N–H and O–H groups in total. The van der Waals surface area contributed by atoms with Crippen molar-refractivity contribution in [3.63, 3.8) is 0 Å². The highest BCUT2D eigenvalue weighted by Crippen LogP contribution is 2.33. The molecule has 0 spiro atoms. The lowest BCUT2D eigenvalue weighted by Gasteiger charge is -2.14. The largest absolute Gasteiger partial charge is 0.487 e. The van der Waals surface area contributed by atoms with Crippen molar-refractivity contribution < 1.29 is 14.2 Å². The van der Waals surface area contributed by atoms with Gasteiger partial charge in [-0.25, -0.2) is 9.97 Å². The van der Waals surface area contributed by atoms with Crippen molar-refractivity contribution in [2.45, 2.75) is 0 Å². The summed E-state index contributed by atoms with van der Waals surface area (Å²) in [6.45, 7) is 2.03. The number of rotatable bonds is 3. The molecule has 0 radical (unpaired) electrons. The Morgan fingerprint density at radius 2 is 1.88 bits per heavy atom. The Morgan fingerprint density at radius 1 is 0.969 bits per heavy atom. The van der Waals surface area contributed by atoms with Crippen LogP contribution < -0.4 is 14.8 Å². The quantitative estimate of drug-likeness (QED) is 0.451. The van der Waals surface area contributed by atoms with E-state index in [1.165, 1.54) is 0 Å². The number of anilines is 2. The lowest BCUT2D eigenvalue weighted by atomic mass is 10.1. The number of benzene rings is 2. The molecule has 1 aliphatic rings. The van der Waals surface area contributed by atoms with Crippen molar-refractivity contribution in [3.05, 3.63) is 61.2 Å². The second kappa shape index (κ2) is 7.86. The first kappa shape index (κ1) is 18.6. The first-order chi connectivity index (χ1) is 15.8. The molecule has 32 heavy (non-hydrogen) atoms. The van der Waals surface area contributed by atoms with E-state index in [0.29, 0.717) is 43.7 Å². The number of aromatic amines is 1. The van der Waals surface area contributed by atoms with Gasteiger partial charge in [-0.2, -0.15) is 5.10 Å². The van der Waals surface area contributed by atoms with Crippen LogP contribution in [0.4, 0.5) is 11.5 Å². The molecule has 160 valence electrons. The standard InChI is InChI=1S/C23H20N6O3/c1-2-16-13-25-28-18(16)11-15(1)19-14-29-6-5-24-23(29)22(27-19)26-17-3-4-20-21(12-17)32-10-8-30-7-9-31-20/h1-6,11-14H,7-10H2,(H,25,28)(H,26,27). The lowest BCUT2D eigenvalue weighted by molar-refractivity contribution is 0.0877. The maximum Gasteiger partial charge on any atom is 0.180 e. The van der Waals surface area contributed by atoms with Gasteiger partial charge in [0.2, 0.25) is 0 Å². The van der Waals surface area contributed by atoms with Crippen LogP contribution in [0.3, 0.4) is 0 Å². The topological polar surface area (TPSA) is 98.6 Å². The van der Waals surface area contributed by atoms with Crippen molar-refractivity contribution in [2.75, 3.05) is 31.7 Å². The van der Waals surface area contributed by atoms with Crippen LogP contribution in [0.5, 0.6) is 11.5 Å². The summed E-state index contributed by atoms with van der Waals surface area (Å²) in [4.78, 5) is 9.34. The molecule has 0 fully saturated rings. The normalized spacial score (nSPS) is 14.1. The number of nitrogens with one attached hydrogen (secondary N) is 2. The second-order valence-electron chi connectivity index (χ2n) is 7.40. The van der Waals surface area contributed by atoms with Crippen molar-refractivity contribution in [3.8, 4) is 22.8 Å². The van der Waals surface area contributed by atoms with Gasteiger partial charge in [0.1, 0.15) is 13.2 Å². The monoisotopic (exact) mass is 428 g/mol. The highest BCUT2D eigenvalue weighted by atomic mass is 16.6. The lowest BCUT2D eigenvalue weighted by Crippen LogP contribution is -2.08. The second-order valence-corrected chi connectivity index (χ2v) is 7.40. The van der Waals surface area contributed by atoms with Crippen LogP contribution in [0, 0.1) is 0 Å². The van der Waals surface area contributed by atoms with Crippen LogP contribution >= 0.6 is 0 Å². The summed E-state index contributed by atoms with van der Waals surface area (Å²) in [6, 6.07) is 11.8. The summed E-state index contributed by atoms with van der Waals surface area (Å²) in [6.07, 6.45) is 7.43. The van der Waals surface area contributed by atoms with E-state index in [1.807, 2.05) is 53.2 Å². The van der Waals surface area contributed by atoms with Gasteiger partial charge >= 0.3 is 0 Å². The first-order valence-electron chi connectivity index (χ1n) is 10.4. The van der Waals surface area contributed by atoms with Gasteiger partial charge in [0.05, 0.1) is 30.6 Å². The Morgan fingerprint density at radius 3 is 2.81 bits per heavy atom. The highest BCUT2D eigenvalue weighted by Gasteiger charge is 2.13.